The van der Waals surface area contributed by atoms with Gasteiger partial charge in [0.15, 0.2) is 0 Å². The molecule has 1 aromatic rings. The van der Waals surface area contributed by atoms with E-state index >= 15 is 0 Å². The Balaban J connectivity index is 3.43. The van der Waals surface area contributed by atoms with E-state index in [4.69, 9.17) is 5.73 Å². The van der Waals surface area contributed by atoms with Gasteiger partial charge in [-0.2, -0.15) is 0 Å². The smallest absolute Gasteiger partial charge is 0.251 e. The van der Waals surface area contributed by atoms with Gasteiger partial charge in [0.25, 0.3) is 5.91 Å². The highest BCUT2D eigenvalue weighted by molar-refractivity contribution is 9.11. The van der Waals surface area contributed by atoms with E-state index in [1.54, 1.807) is 13.1 Å². The molecule has 2 N–H and O–H groups in total. The average Bonchev–Trinajstić information content (AvgIpc) is 1.97. The van der Waals surface area contributed by atoms with Crippen molar-refractivity contribution < 1.29 is 4.79 Å². The number of halogens is 2. The summed E-state index contributed by atoms with van der Waals surface area (Å²) >= 11 is 6.41. The first-order valence-electron chi connectivity index (χ1n) is 3.14. The third kappa shape index (κ3) is 1.67. The van der Waals surface area contributed by atoms with E-state index in [-0.39, 0.29) is 0 Å². The summed E-state index contributed by atoms with van der Waals surface area (Å²) in [4.78, 5) is 14.9. The minimum atomic E-state index is -0.479. The van der Waals surface area contributed by atoms with Crippen LogP contribution in [0.2, 0.25) is 0 Å². The van der Waals surface area contributed by atoms with Crippen molar-refractivity contribution in [2.75, 3.05) is 0 Å². The molecule has 3 nitrogen and oxygen atoms in total. The maximum absolute atomic E-state index is 10.9. The van der Waals surface area contributed by atoms with E-state index < -0.39 is 5.91 Å². The van der Waals surface area contributed by atoms with Crippen molar-refractivity contribution in [3.05, 3.63) is 26.4 Å². The quantitative estimate of drug-likeness (QED) is 0.806. The first-order chi connectivity index (χ1) is 5.54. The summed E-state index contributed by atoms with van der Waals surface area (Å²) < 4.78 is 1.26. The highest BCUT2D eigenvalue weighted by Gasteiger charge is 2.12. The summed E-state index contributed by atoms with van der Waals surface area (Å²) in [6, 6.07) is 0. The summed E-state index contributed by atoms with van der Waals surface area (Å²) in [5.74, 6) is -0.479. The number of nitrogens with zero attached hydrogens (tertiary/aromatic N) is 1. The monoisotopic (exact) mass is 292 g/mol. The van der Waals surface area contributed by atoms with Crippen molar-refractivity contribution >= 4 is 37.8 Å². The maximum Gasteiger partial charge on any atom is 0.251 e. The molecule has 1 amide bonds. The molecule has 0 aliphatic carbocycles. The van der Waals surface area contributed by atoms with Gasteiger partial charge in [0.05, 0.1) is 5.56 Å². The molecule has 0 radical (unpaired) electrons. The first-order valence-corrected chi connectivity index (χ1v) is 4.73. The van der Waals surface area contributed by atoms with Crippen LogP contribution in [0.3, 0.4) is 0 Å². The number of nitrogens with two attached hydrogens (primary N) is 1. The molecule has 0 unspecified atom stereocenters. The van der Waals surface area contributed by atoms with Gasteiger partial charge in [0.1, 0.15) is 4.60 Å². The van der Waals surface area contributed by atoms with Crippen LogP contribution in [0, 0.1) is 6.92 Å². The summed E-state index contributed by atoms with van der Waals surface area (Å²) in [5, 5.41) is 0. The standard InChI is InChI=1S/C7H6Br2N2O/c1-3-4(8)2-11-6(9)5(3)7(10)12/h2H,1H3,(H2,10,12). The number of hydrogen-bond acceptors (Lipinski definition) is 2. The highest BCUT2D eigenvalue weighted by Crippen LogP contribution is 2.23. The largest absolute Gasteiger partial charge is 0.366 e. The van der Waals surface area contributed by atoms with Gasteiger partial charge in [-0.3, -0.25) is 4.79 Å². The van der Waals surface area contributed by atoms with Crippen LogP contribution in [0.25, 0.3) is 0 Å². The van der Waals surface area contributed by atoms with Gasteiger partial charge in [-0.1, -0.05) is 0 Å². The van der Waals surface area contributed by atoms with Crippen LogP contribution in [-0.2, 0) is 0 Å². The van der Waals surface area contributed by atoms with Crippen molar-refractivity contribution in [3.8, 4) is 0 Å². The molecule has 0 aliphatic heterocycles. The predicted molar refractivity (Wildman–Crippen MR) is 52.9 cm³/mol. The van der Waals surface area contributed by atoms with Crippen LogP contribution in [0.15, 0.2) is 15.3 Å². The molecule has 0 bridgehead atoms. The van der Waals surface area contributed by atoms with Gasteiger partial charge < -0.3 is 5.73 Å². The number of carbonyl (C=O) groups is 1. The number of hydrogen-bond donors (Lipinski definition) is 1. The van der Waals surface area contributed by atoms with Gasteiger partial charge in [0.2, 0.25) is 0 Å². The minimum Gasteiger partial charge on any atom is -0.366 e. The molecule has 0 saturated heterocycles. The molecule has 0 fully saturated rings. The Labute approximate surface area is 86.6 Å². The molecule has 0 saturated carbocycles. The second kappa shape index (κ2) is 3.53. The summed E-state index contributed by atoms with van der Waals surface area (Å²) in [7, 11) is 0. The third-order valence-corrected chi connectivity index (χ3v) is 2.88. The number of pyridine rings is 1. The lowest BCUT2D eigenvalue weighted by atomic mass is 10.1. The number of primary amides is 1. The fourth-order valence-electron chi connectivity index (χ4n) is 0.835. The summed E-state index contributed by atoms with van der Waals surface area (Å²) in [5.41, 5.74) is 6.37. The molecule has 64 valence electrons. The Morgan fingerprint density at radius 2 is 2.17 bits per heavy atom. The van der Waals surface area contributed by atoms with Crippen molar-refractivity contribution in [2.45, 2.75) is 6.92 Å². The Morgan fingerprint density at radius 3 is 2.58 bits per heavy atom. The van der Waals surface area contributed by atoms with E-state index in [0.717, 1.165) is 10.0 Å². The topological polar surface area (TPSA) is 56.0 Å². The van der Waals surface area contributed by atoms with E-state index in [9.17, 15) is 4.79 Å². The summed E-state index contributed by atoms with van der Waals surface area (Å²) in [6.07, 6.45) is 1.62. The molecule has 0 spiro atoms. The third-order valence-electron chi connectivity index (χ3n) is 1.48. The molecule has 1 heterocycles. The number of carbonyl (C=O) groups excluding carboxylic acids is 1. The molecule has 0 aromatic carbocycles. The Bertz CT molecular complexity index is 338. The lowest BCUT2D eigenvalue weighted by Crippen LogP contribution is -2.14. The minimum absolute atomic E-state index is 0.421. The van der Waals surface area contributed by atoms with Crippen LogP contribution in [-0.4, -0.2) is 10.9 Å². The molecule has 5 heteroatoms. The average molecular weight is 294 g/mol. The SMILES string of the molecule is Cc1c(Br)cnc(Br)c1C(N)=O. The second-order valence-electron chi connectivity index (χ2n) is 2.26. The van der Waals surface area contributed by atoms with Crippen LogP contribution >= 0.6 is 31.9 Å². The number of amides is 1. The number of aromatic nitrogens is 1. The lowest BCUT2D eigenvalue weighted by Gasteiger charge is -2.04. The van der Waals surface area contributed by atoms with Crippen molar-refractivity contribution in [1.82, 2.24) is 4.98 Å². The molecule has 12 heavy (non-hydrogen) atoms. The molecule has 0 aliphatic rings. The Kier molecular flexibility index (Phi) is 2.85. The second-order valence-corrected chi connectivity index (χ2v) is 3.87. The zero-order valence-electron chi connectivity index (χ0n) is 6.27. The van der Waals surface area contributed by atoms with Crippen molar-refractivity contribution in [2.24, 2.45) is 5.73 Å². The van der Waals surface area contributed by atoms with Gasteiger partial charge in [-0.25, -0.2) is 4.98 Å². The van der Waals surface area contributed by atoms with Gasteiger partial charge in [0, 0.05) is 10.7 Å². The maximum atomic E-state index is 10.9. The van der Waals surface area contributed by atoms with Gasteiger partial charge in [-0.05, 0) is 44.3 Å². The zero-order valence-corrected chi connectivity index (χ0v) is 9.44. The van der Waals surface area contributed by atoms with Crippen LogP contribution in [0.5, 0.6) is 0 Å². The highest BCUT2D eigenvalue weighted by atomic mass is 79.9. The van der Waals surface area contributed by atoms with Crippen molar-refractivity contribution in [1.29, 1.82) is 0 Å². The molecule has 1 aromatic heterocycles. The Morgan fingerprint density at radius 1 is 1.58 bits per heavy atom. The van der Waals surface area contributed by atoms with E-state index in [1.807, 2.05) is 0 Å². The van der Waals surface area contributed by atoms with E-state index in [0.29, 0.717) is 10.2 Å². The lowest BCUT2D eigenvalue weighted by molar-refractivity contribution is 0.0998. The van der Waals surface area contributed by atoms with Gasteiger partial charge in [-0.15, -0.1) is 0 Å². The fourth-order valence-corrected chi connectivity index (χ4v) is 1.73. The van der Waals surface area contributed by atoms with Gasteiger partial charge >= 0.3 is 0 Å². The normalized spacial score (nSPS) is 9.92. The first kappa shape index (κ1) is 9.67. The van der Waals surface area contributed by atoms with Crippen molar-refractivity contribution in [3.63, 3.8) is 0 Å². The van der Waals surface area contributed by atoms with Crippen LogP contribution < -0.4 is 5.73 Å². The van der Waals surface area contributed by atoms with Crippen LogP contribution in [0.4, 0.5) is 0 Å². The van der Waals surface area contributed by atoms with E-state index in [1.165, 1.54) is 0 Å². The Hall–Kier alpha value is -0.420. The van der Waals surface area contributed by atoms with Crippen LogP contribution in [0.1, 0.15) is 15.9 Å². The molecule has 1 rings (SSSR count). The fraction of sp³-hybridized carbons (Fsp3) is 0.143. The number of rotatable bonds is 1. The molecular weight excluding hydrogens is 288 g/mol. The zero-order chi connectivity index (χ0) is 9.30. The summed E-state index contributed by atoms with van der Waals surface area (Å²) in [6.45, 7) is 1.80. The molecule has 0 atom stereocenters. The van der Waals surface area contributed by atoms with E-state index in [2.05, 4.69) is 36.8 Å². The predicted octanol–water partition coefficient (Wildman–Crippen LogP) is 2.01. The molecular formula is C7H6Br2N2O.